The third kappa shape index (κ3) is 1.83. The number of anilines is 1. The Labute approximate surface area is 168 Å². The summed E-state index contributed by atoms with van der Waals surface area (Å²) in [7, 11) is 0. The van der Waals surface area contributed by atoms with Gasteiger partial charge >= 0.3 is 0 Å². The van der Waals surface area contributed by atoms with Crippen molar-refractivity contribution in [2.45, 2.75) is 71.9 Å². The molecule has 0 bridgehead atoms. The molecule has 28 heavy (non-hydrogen) atoms. The van der Waals surface area contributed by atoms with Crippen molar-refractivity contribution < 1.29 is 0 Å². The maximum Gasteiger partial charge on any atom is 0.145 e. The third-order valence-electron chi connectivity index (χ3n) is 8.43. The van der Waals surface area contributed by atoms with E-state index in [0.717, 1.165) is 17.0 Å². The summed E-state index contributed by atoms with van der Waals surface area (Å²) < 4.78 is 2.39. The summed E-state index contributed by atoms with van der Waals surface area (Å²) in [5.41, 5.74) is 7.68. The van der Waals surface area contributed by atoms with Gasteiger partial charge in [0.25, 0.3) is 0 Å². The van der Waals surface area contributed by atoms with Crippen LogP contribution in [0.1, 0.15) is 66.5 Å². The van der Waals surface area contributed by atoms with Gasteiger partial charge in [-0.05, 0) is 65.5 Å². The van der Waals surface area contributed by atoms with Gasteiger partial charge in [-0.3, -0.25) is 0 Å². The lowest BCUT2D eigenvalue weighted by Gasteiger charge is -2.44. The number of para-hydroxylation sites is 1. The summed E-state index contributed by atoms with van der Waals surface area (Å²) in [6, 6.07) is 13.3. The minimum absolute atomic E-state index is 0.0921. The first-order valence-electron chi connectivity index (χ1n) is 10.4. The molecular weight excluding hydrogens is 342 g/mol. The second-order valence-electron chi connectivity index (χ2n) is 10.8. The molecule has 0 radical (unpaired) electrons. The van der Waals surface area contributed by atoms with Crippen LogP contribution in [0.15, 0.2) is 36.4 Å². The molecular formula is C25H31N3. The molecule has 1 aromatic heterocycles. The molecule has 2 heterocycles. The second kappa shape index (κ2) is 4.82. The minimum Gasteiger partial charge on any atom is -0.362 e. The van der Waals surface area contributed by atoms with Gasteiger partial charge in [-0.2, -0.15) is 0 Å². The van der Waals surface area contributed by atoms with E-state index in [1.165, 1.54) is 22.2 Å². The monoisotopic (exact) mass is 373 g/mol. The zero-order chi connectivity index (χ0) is 20.3. The molecule has 0 atom stereocenters. The maximum atomic E-state index is 5.15. The smallest absolute Gasteiger partial charge is 0.145 e. The topological polar surface area (TPSA) is 29.9 Å². The Hall–Kier alpha value is -2.29. The van der Waals surface area contributed by atoms with E-state index in [9.17, 15) is 0 Å². The fourth-order valence-electron chi connectivity index (χ4n) is 5.53. The van der Waals surface area contributed by atoms with Crippen LogP contribution in [0.25, 0.3) is 22.4 Å². The van der Waals surface area contributed by atoms with Crippen molar-refractivity contribution in [1.29, 1.82) is 0 Å². The lowest BCUT2D eigenvalue weighted by molar-refractivity contribution is 0.125. The molecule has 2 aliphatic rings. The summed E-state index contributed by atoms with van der Waals surface area (Å²) >= 11 is 0. The van der Waals surface area contributed by atoms with Gasteiger partial charge < -0.3 is 9.88 Å². The molecule has 1 aliphatic heterocycles. The number of benzene rings is 2. The van der Waals surface area contributed by atoms with E-state index in [1.54, 1.807) is 0 Å². The van der Waals surface area contributed by atoms with Crippen molar-refractivity contribution >= 4 is 16.7 Å². The van der Waals surface area contributed by atoms with Crippen LogP contribution in [0.4, 0.5) is 5.69 Å². The van der Waals surface area contributed by atoms with Gasteiger partial charge in [-0.1, -0.05) is 53.7 Å². The van der Waals surface area contributed by atoms with Crippen molar-refractivity contribution in [3.8, 4) is 11.4 Å². The number of rotatable bonds is 0. The van der Waals surface area contributed by atoms with E-state index in [4.69, 9.17) is 4.98 Å². The lowest BCUT2D eigenvalue weighted by Crippen LogP contribution is -2.42. The van der Waals surface area contributed by atoms with Gasteiger partial charge in [0, 0.05) is 11.3 Å². The largest absolute Gasteiger partial charge is 0.362 e. The average Bonchev–Trinajstić information content (AvgIpc) is 3.03. The van der Waals surface area contributed by atoms with E-state index in [2.05, 4.69) is 102 Å². The van der Waals surface area contributed by atoms with E-state index in [-0.39, 0.29) is 21.9 Å². The molecule has 0 saturated heterocycles. The van der Waals surface area contributed by atoms with Gasteiger partial charge in [-0.25, -0.2) is 4.98 Å². The molecule has 0 unspecified atom stereocenters. The van der Waals surface area contributed by atoms with Crippen molar-refractivity contribution in [1.82, 2.24) is 9.55 Å². The number of fused-ring (bicyclic) bond motifs is 6. The zero-order valence-corrected chi connectivity index (χ0v) is 18.4. The van der Waals surface area contributed by atoms with Gasteiger partial charge in [0.05, 0.1) is 11.0 Å². The van der Waals surface area contributed by atoms with Crippen molar-refractivity contribution in [2.24, 2.45) is 5.41 Å². The fourth-order valence-corrected chi connectivity index (χ4v) is 5.53. The van der Waals surface area contributed by atoms with Crippen LogP contribution in [-0.4, -0.2) is 9.55 Å². The summed E-state index contributed by atoms with van der Waals surface area (Å²) in [5.74, 6) is 1.06. The molecule has 0 fully saturated rings. The first-order chi connectivity index (χ1) is 12.9. The zero-order valence-electron chi connectivity index (χ0n) is 18.4. The van der Waals surface area contributed by atoms with Crippen LogP contribution in [0.3, 0.4) is 0 Å². The Morgan fingerprint density at radius 3 is 2.11 bits per heavy atom. The Kier molecular flexibility index (Phi) is 3.06. The predicted molar refractivity (Wildman–Crippen MR) is 118 cm³/mol. The van der Waals surface area contributed by atoms with Gasteiger partial charge in [0.2, 0.25) is 0 Å². The van der Waals surface area contributed by atoms with E-state index in [1.807, 2.05) is 0 Å². The van der Waals surface area contributed by atoms with Gasteiger partial charge in [-0.15, -0.1) is 0 Å². The number of aromatic nitrogens is 2. The lowest BCUT2D eigenvalue weighted by atomic mass is 9.59. The standard InChI is InChI=1S/C25H31N3/c1-22(2)16-13-19-20(14-17(16)23(3,4)24(22,5)6)28-21(26-19)15-11-9-10-12-18(15)27-25(28,7)8/h9-14,27H,1-8H3. The molecule has 3 aromatic rings. The number of hydrogen-bond acceptors (Lipinski definition) is 2. The molecule has 3 heteroatoms. The van der Waals surface area contributed by atoms with Crippen molar-refractivity contribution in [3.63, 3.8) is 0 Å². The molecule has 146 valence electrons. The average molecular weight is 374 g/mol. The summed E-state index contributed by atoms with van der Waals surface area (Å²) in [6.07, 6.45) is 0. The van der Waals surface area contributed by atoms with Crippen molar-refractivity contribution in [3.05, 3.63) is 47.5 Å². The minimum atomic E-state index is -0.236. The maximum absolute atomic E-state index is 5.15. The molecule has 0 amide bonds. The number of imidazole rings is 1. The highest BCUT2D eigenvalue weighted by atomic mass is 15.3. The fraction of sp³-hybridized carbons (Fsp3) is 0.480. The molecule has 0 saturated carbocycles. The molecule has 2 aromatic carbocycles. The van der Waals surface area contributed by atoms with Gasteiger partial charge in [0.1, 0.15) is 11.5 Å². The van der Waals surface area contributed by atoms with Crippen LogP contribution in [-0.2, 0) is 16.5 Å². The molecule has 0 spiro atoms. The second-order valence-corrected chi connectivity index (χ2v) is 10.8. The van der Waals surface area contributed by atoms with E-state index < -0.39 is 0 Å². The highest BCUT2D eigenvalue weighted by molar-refractivity contribution is 5.88. The number of nitrogens with zero attached hydrogens (tertiary/aromatic N) is 2. The SMILES string of the molecule is CC1(C)Nc2ccccc2-c2nc3cc4c(cc3n21)C(C)(C)C(C)(C)C4(C)C. The first-order valence-corrected chi connectivity index (χ1v) is 10.4. The van der Waals surface area contributed by atoms with E-state index in [0.29, 0.717) is 0 Å². The Bertz CT molecular complexity index is 1140. The molecule has 1 N–H and O–H groups in total. The Balaban J connectivity index is 1.88. The summed E-state index contributed by atoms with van der Waals surface area (Å²) in [6.45, 7) is 18.9. The van der Waals surface area contributed by atoms with E-state index >= 15 is 0 Å². The van der Waals surface area contributed by atoms with Gasteiger partial charge in [0.15, 0.2) is 0 Å². The molecule has 5 rings (SSSR count). The predicted octanol–water partition coefficient (Wildman–Crippen LogP) is 6.42. The third-order valence-corrected chi connectivity index (χ3v) is 8.43. The quantitative estimate of drug-likeness (QED) is 0.493. The summed E-state index contributed by atoms with van der Waals surface area (Å²) in [4.78, 5) is 5.15. The highest BCUT2D eigenvalue weighted by Gasteiger charge is 2.57. The highest BCUT2D eigenvalue weighted by Crippen LogP contribution is 2.62. The molecule has 1 aliphatic carbocycles. The molecule has 3 nitrogen and oxygen atoms in total. The normalized spacial score (nSPS) is 22.3. The Morgan fingerprint density at radius 2 is 1.43 bits per heavy atom. The number of nitrogens with one attached hydrogen (secondary N) is 1. The van der Waals surface area contributed by atoms with Crippen LogP contribution in [0, 0.1) is 5.41 Å². The van der Waals surface area contributed by atoms with Crippen LogP contribution in [0.5, 0.6) is 0 Å². The van der Waals surface area contributed by atoms with Crippen LogP contribution >= 0.6 is 0 Å². The summed E-state index contributed by atoms with van der Waals surface area (Å²) in [5, 5.41) is 3.71. The Morgan fingerprint density at radius 1 is 0.821 bits per heavy atom. The first kappa shape index (κ1) is 17.8. The van der Waals surface area contributed by atoms with Crippen LogP contribution in [0.2, 0.25) is 0 Å². The van der Waals surface area contributed by atoms with Crippen LogP contribution < -0.4 is 5.32 Å². The number of hydrogen-bond donors (Lipinski definition) is 1. The van der Waals surface area contributed by atoms with Crippen molar-refractivity contribution in [2.75, 3.05) is 5.32 Å².